The van der Waals surface area contributed by atoms with E-state index in [1.807, 2.05) is 18.2 Å². The third-order valence-electron chi connectivity index (χ3n) is 3.39. The van der Waals surface area contributed by atoms with Crippen LogP contribution >= 0.6 is 11.6 Å². The summed E-state index contributed by atoms with van der Waals surface area (Å²) in [5.41, 5.74) is 2.75. The highest BCUT2D eigenvalue weighted by Gasteiger charge is 2.22. The first kappa shape index (κ1) is 12.4. The Morgan fingerprint density at radius 2 is 1.79 bits per heavy atom. The van der Waals surface area contributed by atoms with Gasteiger partial charge in [-0.25, -0.2) is 8.78 Å². The predicted molar refractivity (Wildman–Crippen MR) is 72.6 cm³/mol. The molecule has 0 heterocycles. The van der Waals surface area contributed by atoms with Gasteiger partial charge < -0.3 is 5.32 Å². The maximum atomic E-state index is 13.6. The van der Waals surface area contributed by atoms with E-state index < -0.39 is 11.6 Å². The van der Waals surface area contributed by atoms with Gasteiger partial charge in [0.2, 0.25) is 0 Å². The van der Waals surface area contributed by atoms with Crippen LogP contribution in [0.5, 0.6) is 0 Å². The first-order chi connectivity index (χ1) is 9.11. The van der Waals surface area contributed by atoms with E-state index in [0.717, 1.165) is 18.9 Å². The van der Waals surface area contributed by atoms with Crippen LogP contribution in [0, 0.1) is 11.6 Å². The van der Waals surface area contributed by atoms with Crippen molar-refractivity contribution in [2.24, 2.45) is 0 Å². The summed E-state index contributed by atoms with van der Waals surface area (Å²) in [5, 5.41) is 3.83. The second-order valence-corrected chi connectivity index (χ2v) is 5.22. The molecule has 0 amide bonds. The molecule has 4 heteroatoms. The van der Waals surface area contributed by atoms with Crippen LogP contribution in [0.1, 0.15) is 11.1 Å². The molecule has 0 saturated carbocycles. The molecule has 0 saturated heterocycles. The Balaban J connectivity index is 1.77. The minimum absolute atomic E-state index is 0.119. The van der Waals surface area contributed by atoms with Crippen LogP contribution in [0.4, 0.5) is 14.5 Å². The van der Waals surface area contributed by atoms with Crippen molar-refractivity contribution in [3.8, 4) is 0 Å². The molecule has 0 fully saturated rings. The average molecular weight is 280 g/mol. The lowest BCUT2D eigenvalue weighted by Gasteiger charge is -2.14. The van der Waals surface area contributed by atoms with Crippen molar-refractivity contribution in [2.45, 2.75) is 18.9 Å². The number of anilines is 1. The third kappa shape index (κ3) is 2.56. The van der Waals surface area contributed by atoms with Gasteiger partial charge in [0.25, 0.3) is 0 Å². The van der Waals surface area contributed by atoms with Crippen molar-refractivity contribution in [3.05, 3.63) is 64.2 Å². The molecule has 1 aliphatic carbocycles. The molecule has 1 nitrogen and oxygen atoms in total. The summed E-state index contributed by atoms with van der Waals surface area (Å²) in [5.74, 6) is -1.13. The number of benzene rings is 2. The summed E-state index contributed by atoms with van der Waals surface area (Å²) in [4.78, 5) is 0. The highest BCUT2D eigenvalue weighted by Crippen LogP contribution is 2.28. The zero-order valence-electron chi connectivity index (χ0n) is 10.1. The fraction of sp³-hybridized carbons (Fsp3) is 0.200. The Bertz CT molecular complexity index is 628. The first-order valence-electron chi connectivity index (χ1n) is 6.11. The van der Waals surface area contributed by atoms with Crippen molar-refractivity contribution in [1.29, 1.82) is 0 Å². The zero-order valence-corrected chi connectivity index (χ0v) is 10.8. The molecule has 98 valence electrons. The smallest absolute Gasteiger partial charge is 0.149 e. The minimum atomic E-state index is -0.565. The molecule has 0 spiro atoms. The van der Waals surface area contributed by atoms with Gasteiger partial charge in [0.1, 0.15) is 11.6 Å². The second kappa shape index (κ2) is 4.82. The third-order valence-corrected chi connectivity index (χ3v) is 3.63. The van der Waals surface area contributed by atoms with E-state index in [9.17, 15) is 8.78 Å². The largest absolute Gasteiger partial charge is 0.379 e. The molecule has 0 aromatic heterocycles. The molecule has 1 aliphatic rings. The molecule has 3 rings (SSSR count). The van der Waals surface area contributed by atoms with Crippen LogP contribution in [0.3, 0.4) is 0 Å². The normalized spacial score (nSPS) is 17.3. The van der Waals surface area contributed by atoms with E-state index in [1.165, 1.54) is 23.3 Å². The Labute approximate surface area is 115 Å². The van der Waals surface area contributed by atoms with Gasteiger partial charge in [-0.2, -0.15) is 0 Å². The molecule has 0 bridgehead atoms. The number of rotatable bonds is 2. The summed E-state index contributed by atoms with van der Waals surface area (Å²) >= 11 is 5.95. The Morgan fingerprint density at radius 1 is 1.00 bits per heavy atom. The highest BCUT2D eigenvalue weighted by atomic mass is 35.5. The quantitative estimate of drug-likeness (QED) is 0.869. The lowest BCUT2D eigenvalue weighted by Crippen LogP contribution is -2.20. The number of fused-ring (bicyclic) bond motifs is 1. The van der Waals surface area contributed by atoms with E-state index >= 15 is 0 Å². The van der Waals surface area contributed by atoms with Crippen molar-refractivity contribution in [2.75, 3.05) is 5.32 Å². The van der Waals surface area contributed by atoms with Gasteiger partial charge in [-0.15, -0.1) is 0 Å². The number of hydrogen-bond donors (Lipinski definition) is 1. The van der Waals surface area contributed by atoms with Crippen LogP contribution in [0.15, 0.2) is 36.4 Å². The zero-order chi connectivity index (χ0) is 13.4. The van der Waals surface area contributed by atoms with Gasteiger partial charge >= 0.3 is 0 Å². The van der Waals surface area contributed by atoms with Crippen LogP contribution in [-0.2, 0) is 12.8 Å². The molecule has 1 unspecified atom stereocenters. The maximum absolute atomic E-state index is 13.6. The monoisotopic (exact) mass is 279 g/mol. The molecule has 0 aliphatic heterocycles. The lowest BCUT2D eigenvalue weighted by molar-refractivity contribution is 0.583. The van der Waals surface area contributed by atoms with Gasteiger partial charge in [0, 0.05) is 17.1 Å². The SMILES string of the molecule is Fc1ccc(NC2Cc3ccc(Cl)cc3C2)c(F)c1. The Kier molecular flexibility index (Phi) is 3.15. The van der Waals surface area contributed by atoms with Crippen molar-refractivity contribution in [1.82, 2.24) is 0 Å². The number of hydrogen-bond acceptors (Lipinski definition) is 1. The molecular formula is C15H12ClF2N. The Hall–Kier alpha value is -1.61. The van der Waals surface area contributed by atoms with Gasteiger partial charge in [-0.05, 0) is 48.2 Å². The van der Waals surface area contributed by atoms with E-state index in [2.05, 4.69) is 5.32 Å². The van der Waals surface area contributed by atoms with Crippen molar-refractivity contribution < 1.29 is 8.78 Å². The van der Waals surface area contributed by atoms with Gasteiger partial charge in [-0.1, -0.05) is 17.7 Å². The minimum Gasteiger partial charge on any atom is -0.379 e. The van der Waals surface area contributed by atoms with Crippen molar-refractivity contribution >= 4 is 17.3 Å². The summed E-state index contributed by atoms with van der Waals surface area (Å²) < 4.78 is 26.4. The summed E-state index contributed by atoms with van der Waals surface area (Å²) in [6.45, 7) is 0. The number of nitrogens with one attached hydrogen (secondary N) is 1. The van der Waals surface area contributed by atoms with Gasteiger partial charge in [-0.3, -0.25) is 0 Å². The first-order valence-corrected chi connectivity index (χ1v) is 6.48. The van der Waals surface area contributed by atoms with Crippen LogP contribution < -0.4 is 5.32 Å². The molecule has 1 N–H and O–H groups in total. The Morgan fingerprint density at radius 3 is 2.58 bits per heavy atom. The predicted octanol–water partition coefficient (Wildman–Crippen LogP) is 4.20. The molecule has 2 aromatic carbocycles. The second-order valence-electron chi connectivity index (χ2n) is 4.79. The molecular weight excluding hydrogens is 268 g/mol. The maximum Gasteiger partial charge on any atom is 0.149 e. The van der Waals surface area contributed by atoms with Gasteiger partial charge in [0.05, 0.1) is 5.69 Å². The number of halogens is 3. The molecule has 1 atom stereocenters. The molecule has 0 radical (unpaired) electrons. The summed E-state index contributed by atoms with van der Waals surface area (Å²) in [6, 6.07) is 9.50. The highest BCUT2D eigenvalue weighted by molar-refractivity contribution is 6.30. The summed E-state index contributed by atoms with van der Waals surface area (Å²) in [6.07, 6.45) is 1.62. The molecule has 2 aromatic rings. The fourth-order valence-corrected chi connectivity index (χ4v) is 2.71. The molecule has 19 heavy (non-hydrogen) atoms. The van der Waals surface area contributed by atoms with Crippen LogP contribution in [-0.4, -0.2) is 6.04 Å². The van der Waals surface area contributed by atoms with Crippen LogP contribution in [0.2, 0.25) is 5.02 Å². The van der Waals surface area contributed by atoms with E-state index in [4.69, 9.17) is 11.6 Å². The lowest BCUT2D eigenvalue weighted by atomic mass is 10.1. The summed E-state index contributed by atoms with van der Waals surface area (Å²) in [7, 11) is 0. The fourth-order valence-electron chi connectivity index (χ4n) is 2.52. The van der Waals surface area contributed by atoms with Gasteiger partial charge in [0.15, 0.2) is 0 Å². The van der Waals surface area contributed by atoms with Crippen molar-refractivity contribution in [3.63, 3.8) is 0 Å². The van der Waals surface area contributed by atoms with E-state index in [1.54, 1.807) is 0 Å². The van der Waals surface area contributed by atoms with E-state index in [0.29, 0.717) is 10.7 Å². The van der Waals surface area contributed by atoms with E-state index in [-0.39, 0.29) is 6.04 Å². The topological polar surface area (TPSA) is 12.0 Å². The standard InChI is InChI=1S/C15H12ClF2N/c16-11-2-1-9-6-13(7-10(9)5-11)19-15-4-3-12(17)8-14(15)18/h1-5,8,13,19H,6-7H2. The van der Waals surface area contributed by atoms with Crippen LogP contribution in [0.25, 0.3) is 0 Å². The average Bonchev–Trinajstić information content (AvgIpc) is 2.74.